The number of nitrogens with zero attached hydrogens (tertiary/aromatic N) is 3. The van der Waals surface area contributed by atoms with E-state index in [2.05, 4.69) is 59.8 Å². The number of nitrogens with one attached hydrogen (secondary N) is 9. The molecule has 0 bridgehead atoms. The third-order valence-electron chi connectivity index (χ3n) is 3.98. The fraction of sp³-hybridized carbons (Fsp3) is 0. The van der Waals surface area contributed by atoms with Gasteiger partial charge in [-0.3, -0.25) is 44.3 Å². The lowest BCUT2D eigenvalue weighted by molar-refractivity contribution is 1.07. The number of aromatic nitrogens is 12. The summed E-state index contributed by atoms with van der Waals surface area (Å²) in [4.78, 5) is 96.8. The predicted molar refractivity (Wildman–Crippen MR) is 112 cm³/mol. The van der Waals surface area contributed by atoms with E-state index in [9.17, 15) is 28.8 Å². The third kappa shape index (κ3) is 4.33. The van der Waals surface area contributed by atoms with Crippen LogP contribution >= 0.6 is 0 Å². The first-order valence-corrected chi connectivity index (χ1v) is 8.79. The van der Waals surface area contributed by atoms with Crippen LogP contribution < -0.4 is 33.7 Å². The quantitative estimate of drug-likeness (QED) is 0.111. The van der Waals surface area contributed by atoms with Gasteiger partial charge >= 0.3 is 17.1 Å². The van der Waals surface area contributed by atoms with Gasteiger partial charge in [-0.05, 0) is 0 Å². The van der Waals surface area contributed by atoms with Crippen LogP contribution in [0.1, 0.15) is 0 Å². The van der Waals surface area contributed by atoms with Crippen LogP contribution in [0.4, 0.5) is 0 Å². The molecule has 0 aromatic carbocycles. The van der Waals surface area contributed by atoms with Gasteiger partial charge in [-0.25, -0.2) is 29.3 Å². The Balaban J connectivity index is 0.000000118. The summed E-state index contributed by atoms with van der Waals surface area (Å²) < 4.78 is 0. The van der Waals surface area contributed by atoms with Crippen LogP contribution in [0.2, 0.25) is 0 Å². The second-order valence-electron chi connectivity index (χ2n) is 6.10. The normalized spacial score (nSPS) is 10.5. The van der Waals surface area contributed by atoms with Crippen molar-refractivity contribution < 1.29 is 0 Å². The molecule has 18 heteroatoms. The first kappa shape index (κ1) is 20.7. The summed E-state index contributed by atoms with van der Waals surface area (Å²) in [5.41, 5.74) is -1.34. The lowest BCUT2D eigenvalue weighted by Gasteiger charge is -1.83. The number of hydrogen-bond acceptors (Lipinski definition) is 9. The molecular weight excluding hydrogens is 444 g/mol. The van der Waals surface area contributed by atoms with E-state index in [-0.39, 0.29) is 33.5 Å². The lowest BCUT2D eigenvalue weighted by Crippen LogP contribution is -2.21. The van der Waals surface area contributed by atoms with Crippen molar-refractivity contribution in [2.45, 2.75) is 0 Å². The van der Waals surface area contributed by atoms with Crippen molar-refractivity contribution in [1.82, 2.24) is 59.8 Å². The van der Waals surface area contributed by atoms with Crippen molar-refractivity contribution in [2.24, 2.45) is 0 Å². The van der Waals surface area contributed by atoms with Gasteiger partial charge in [0.1, 0.15) is 16.6 Å². The van der Waals surface area contributed by atoms with Crippen LogP contribution in [0.25, 0.3) is 33.5 Å². The molecule has 0 aliphatic carbocycles. The maximum absolute atomic E-state index is 10.9. The van der Waals surface area contributed by atoms with E-state index in [1.54, 1.807) is 0 Å². The molecule has 0 fully saturated rings. The Bertz CT molecular complexity index is 1700. The fourth-order valence-electron chi connectivity index (χ4n) is 2.60. The van der Waals surface area contributed by atoms with E-state index in [1.165, 1.54) is 19.0 Å². The van der Waals surface area contributed by atoms with Crippen molar-refractivity contribution in [3.8, 4) is 0 Å². The Morgan fingerprint density at radius 2 is 0.697 bits per heavy atom. The van der Waals surface area contributed by atoms with Gasteiger partial charge in [0.2, 0.25) is 0 Å². The molecule has 0 saturated heterocycles. The molecule has 0 aliphatic heterocycles. The molecular formula is C15H12N12O6. The molecule has 0 saturated carbocycles. The Labute approximate surface area is 175 Å². The van der Waals surface area contributed by atoms with E-state index < -0.39 is 33.7 Å². The summed E-state index contributed by atoms with van der Waals surface area (Å²) in [5.74, 6) is 0. The molecule has 6 aromatic rings. The maximum Gasteiger partial charge on any atom is 0.327 e. The molecule has 33 heavy (non-hydrogen) atoms. The van der Waals surface area contributed by atoms with Crippen LogP contribution in [0.3, 0.4) is 0 Å². The smallest absolute Gasteiger partial charge is 0.327 e. The molecule has 0 unspecified atom stereocenters. The van der Waals surface area contributed by atoms with E-state index in [0.717, 1.165) is 0 Å². The Morgan fingerprint density at radius 3 is 0.970 bits per heavy atom. The van der Waals surface area contributed by atoms with Crippen LogP contribution in [0.15, 0.2) is 47.7 Å². The molecule has 0 aliphatic rings. The Kier molecular flexibility index (Phi) is 5.21. The van der Waals surface area contributed by atoms with Gasteiger partial charge in [-0.15, -0.1) is 0 Å². The lowest BCUT2D eigenvalue weighted by atomic mass is 10.5. The number of hydrogen-bond donors (Lipinski definition) is 9. The zero-order valence-electron chi connectivity index (χ0n) is 16.0. The van der Waals surface area contributed by atoms with Crippen LogP contribution in [-0.4, -0.2) is 59.8 Å². The molecule has 0 amide bonds. The van der Waals surface area contributed by atoms with E-state index in [4.69, 9.17) is 0 Å². The minimum absolute atomic E-state index is 0.277. The summed E-state index contributed by atoms with van der Waals surface area (Å²) in [5, 5.41) is 0. The van der Waals surface area contributed by atoms with Crippen LogP contribution in [-0.2, 0) is 0 Å². The second-order valence-corrected chi connectivity index (χ2v) is 6.10. The summed E-state index contributed by atoms with van der Waals surface area (Å²) in [7, 11) is 0. The second kappa shape index (κ2) is 8.29. The SMILES string of the molecule is O=c1[nH]c(=O)c2[nH]cnc2[nH]1.O=c1[nH]c(=O)c2[nH]cnc2[nH]1.O=c1[nH]c(=O)c2[nH]cnc2[nH]1. The van der Waals surface area contributed by atoms with Crippen molar-refractivity contribution >= 4 is 33.5 Å². The molecule has 6 aromatic heterocycles. The molecule has 0 radical (unpaired) electrons. The zero-order chi connectivity index (χ0) is 23.5. The largest absolute Gasteiger partial charge is 0.339 e. The van der Waals surface area contributed by atoms with Gasteiger partial charge < -0.3 is 15.0 Å². The average molecular weight is 456 g/mol. The molecule has 6 heterocycles. The fourth-order valence-corrected chi connectivity index (χ4v) is 2.60. The minimum Gasteiger partial charge on any atom is -0.339 e. The van der Waals surface area contributed by atoms with Crippen molar-refractivity contribution in [2.75, 3.05) is 0 Å². The Morgan fingerprint density at radius 1 is 0.424 bits per heavy atom. The number of fused-ring (bicyclic) bond motifs is 3. The molecule has 9 N–H and O–H groups in total. The highest BCUT2D eigenvalue weighted by atomic mass is 16.2. The average Bonchev–Trinajstić information content (AvgIpc) is 3.48. The monoisotopic (exact) mass is 456 g/mol. The van der Waals surface area contributed by atoms with Gasteiger partial charge in [-0.2, -0.15) is 0 Å². The highest BCUT2D eigenvalue weighted by Gasteiger charge is 2.01. The van der Waals surface area contributed by atoms with E-state index in [0.29, 0.717) is 0 Å². The summed E-state index contributed by atoms with van der Waals surface area (Å²) >= 11 is 0. The summed E-state index contributed by atoms with van der Waals surface area (Å²) in [6.07, 6.45) is 4.03. The number of imidazole rings is 3. The zero-order valence-corrected chi connectivity index (χ0v) is 16.0. The molecule has 0 spiro atoms. The number of rotatable bonds is 0. The van der Waals surface area contributed by atoms with Gasteiger partial charge in [0, 0.05) is 0 Å². The first-order valence-electron chi connectivity index (χ1n) is 8.79. The van der Waals surface area contributed by atoms with Crippen LogP contribution in [0.5, 0.6) is 0 Å². The van der Waals surface area contributed by atoms with Gasteiger partial charge in [0.25, 0.3) is 16.7 Å². The van der Waals surface area contributed by atoms with Gasteiger partial charge in [-0.1, -0.05) is 0 Å². The molecule has 6 rings (SSSR count). The highest BCUT2D eigenvalue weighted by molar-refractivity contribution is 5.68. The van der Waals surface area contributed by atoms with Gasteiger partial charge in [0.15, 0.2) is 16.9 Å². The van der Waals surface area contributed by atoms with E-state index >= 15 is 0 Å². The third-order valence-corrected chi connectivity index (χ3v) is 3.98. The minimum atomic E-state index is -0.547. The van der Waals surface area contributed by atoms with Crippen molar-refractivity contribution in [3.63, 3.8) is 0 Å². The molecule has 18 nitrogen and oxygen atoms in total. The summed E-state index contributed by atoms with van der Waals surface area (Å²) in [6.45, 7) is 0. The van der Waals surface area contributed by atoms with Gasteiger partial charge in [0.05, 0.1) is 19.0 Å². The number of aromatic amines is 9. The first-order chi connectivity index (χ1) is 15.8. The van der Waals surface area contributed by atoms with Crippen molar-refractivity contribution in [3.05, 3.63) is 81.5 Å². The molecule has 168 valence electrons. The predicted octanol–water partition coefficient (Wildman–Crippen LogP) is -3.18. The van der Waals surface area contributed by atoms with Crippen molar-refractivity contribution in [1.29, 1.82) is 0 Å². The van der Waals surface area contributed by atoms with E-state index in [1.807, 2.05) is 0 Å². The number of H-pyrrole nitrogens is 9. The molecule has 0 atom stereocenters. The highest BCUT2D eigenvalue weighted by Crippen LogP contribution is 1.93. The standard InChI is InChI=1S/3C5H4N4O2/c3*10-4-2-3(7-1-6-2)8-5(11)9-4/h3*1H,(H3,6,7,8,9,10,11). The van der Waals surface area contributed by atoms with Crippen LogP contribution in [0, 0.1) is 0 Å². The topological polar surface area (TPSA) is 283 Å². The maximum atomic E-state index is 10.9. The summed E-state index contributed by atoms with van der Waals surface area (Å²) in [6, 6.07) is 0. The Hall–Kier alpha value is -5.55.